The molecule has 3 rings (SSSR count). The Morgan fingerprint density at radius 1 is 1.27 bits per heavy atom. The van der Waals surface area contributed by atoms with Crippen LogP contribution in [-0.4, -0.2) is 65.7 Å². The molecule has 0 radical (unpaired) electrons. The monoisotopic (exact) mass is 595 g/mol. The third kappa shape index (κ3) is 8.15. The van der Waals surface area contributed by atoms with Crippen LogP contribution in [0.15, 0.2) is 18.2 Å². The van der Waals surface area contributed by atoms with Crippen molar-refractivity contribution in [1.82, 2.24) is 15.1 Å². The molecule has 8 nitrogen and oxygen atoms in total. The lowest BCUT2D eigenvalue weighted by molar-refractivity contribution is -0.135. The van der Waals surface area contributed by atoms with E-state index in [2.05, 4.69) is 10.4 Å². The lowest BCUT2D eigenvalue weighted by Gasteiger charge is -2.35. The highest BCUT2D eigenvalue weighted by Gasteiger charge is 2.37. The molecular weight excluding hydrogens is 561 g/mol. The van der Waals surface area contributed by atoms with Crippen LogP contribution in [0.2, 0.25) is 0 Å². The molecule has 1 fully saturated rings. The first-order chi connectivity index (χ1) is 18.5. The SMILES string of the molecule is CCn1nc(C(=O)NCC2(O)CCC(S(C)(=O)=O)CC2)c(C)c1-c1ccc(CCCC(F)(F)F)cc1OC(F)F. The van der Waals surface area contributed by atoms with Crippen molar-refractivity contribution in [3.05, 3.63) is 35.0 Å². The number of carbonyl (C=O) groups is 1. The van der Waals surface area contributed by atoms with Crippen molar-refractivity contribution in [2.45, 2.75) is 89.0 Å². The number of aromatic nitrogens is 2. The Bertz CT molecular complexity index is 1300. The van der Waals surface area contributed by atoms with Crippen LogP contribution in [0.5, 0.6) is 5.75 Å². The van der Waals surface area contributed by atoms with E-state index >= 15 is 0 Å². The second kappa shape index (κ2) is 12.4. The van der Waals surface area contributed by atoms with Gasteiger partial charge in [-0.2, -0.15) is 27.1 Å². The molecule has 1 aliphatic carbocycles. The summed E-state index contributed by atoms with van der Waals surface area (Å²) in [5.74, 6) is -0.856. The Morgan fingerprint density at radius 3 is 2.48 bits per heavy atom. The van der Waals surface area contributed by atoms with Gasteiger partial charge in [0.1, 0.15) is 15.6 Å². The van der Waals surface area contributed by atoms with Gasteiger partial charge in [0.05, 0.1) is 16.5 Å². The summed E-state index contributed by atoms with van der Waals surface area (Å²) in [4.78, 5) is 13.1. The van der Waals surface area contributed by atoms with Gasteiger partial charge in [0.15, 0.2) is 5.69 Å². The molecular formula is C26H34F5N3O5S. The maximum absolute atomic E-state index is 13.3. The Labute approximate surface area is 229 Å². The molecule has 14 heteroatoms. The van der Waals surface area contributed by atoms with E-state index in [1.165, 1.54) is 22.9 Å². The molecule has 224 valence electrons. The standard InChI is InChI=1S/C26H34F5N3O5S/c1-4-34-22(19-8-7-17(6-5-11-26(29,30)31)14-20(19)39-24(27)28)16(2)21(33-34)23(35)32-15-25(36)12-9-18(10-13-25)40(3,37)38/h7-8,14,18,24,36H,4-6,9-13,15H2,1-3H3,(H,32,35). The largest absolute Gasteiger partial charge is 0.434 e. The molecule has 1 heterocycles. The third-order valence-electron chi connectivity index (χ3n) is 7.19. The van der Waals surface area contributed by atoms with Crippen molar-refractivity contribution < 1.29 is 45.0 Å². The van der Waals surface area contributed by atoms with E-state index in [1.54, 1.807) is 13.8 Å². The number of benzene rings is 1. The molecule has 0 spiro atoms. The average Bonchev–Trinajstić information content (AvgIpc) is 3.17. The molecule has 0 saturated heterocycles. The molecule has 1 saturated carbocycles. The summed E-state index contributed by atoms with van der Waals surface area (Å²) in [5.41, 5.74) is 0.00136. The van der Waals surface area contributed by atoms with Crippen molar-refractivity contribution in [2.24, 2.45) is 0 Å². The van der Waals surface area contributed by atoms with Gasteiger partial charge >= 0.3 is 12.8 Å². The van der Waals surface area contributed by atoms with Gasteiger partial charge in [-0.25, -0.2) is 8.42 Å². The Balaban J connectivity index is 1.82. The number of hydrogen-bond donors (Lipinski definition) is 2. The zero-order valence-corrected chi connectivity index (χ0v) is 23.3. The van der Waals surface area contributed by atoms with Gasteiger partial charge in [-0.3, -0.25) is 9.48 Å². The summed E-state index contributed by atoms with van der Waals surface area (Å²) >= 11 is 0. The number of nitrogens with one attached hydrogen (secondary N) is 1. The van der Waals surface area contributed by atoms with Crippen molar-refractivity contribution in [1.29, 1.82) is 0 Å². The first-order valence-electron chi connectivity index (χ1n) is 12.9. The van der Waals surface area contributed by atoms with Crippen LogP contribution >= 0.6 is 0 Å². The highest BCUT2D eigenvalue weighted by atomic mass is 32.2. The topological polar surface area (TPSA) is 111 Å². The van der Waals surface area contributed by atoms with E-state index in [4.69, 9.17) is 4.74 Å². The van der Waals surface area contributed by atoms with Gasteiger partial charge in [0, 0.05) is 36.9 Å². The molecule has 0 unspecified atom stereocenters. The van der Waals surface area contributed by atoms with E-state index in [9.17, 15) is 40.3 Å². The second-order valence-corrected chi connectivity index (χ2v) is 12.6. The number of halogens is 5. The number of alkyl halides is 5. The number of ether oxygens (including phenoxy) is 1. The predicted molar refractivity (Wildman–Crippen MR) is 138 cm³/mol. The van der Waals surface area contributed by atoms with Gasteiger partial charge in [-0.15, -0.1) is 0 Å². The third-order valence-corrected chi connectivity index (χ3v) is 8.88. The Morgan fingerprint density at radius 2 is 1.93 bits per heavy atom. The smallest absolute Gasteiger partial charge is 0.389 e. The minimum absolute atomic E-state index is 0.00234. The number of amides is 1. The lowest BCUT2D eigenvalue weighted by atomic mass is 9.84. The van der Waals surface area contributed by atoms with Crippen LogP contribution in [0.4, 0.5) is 22.0 Å². The molecule has 0 bridgehead atoms. The first-order valence-corrected chi connectivity index (χ1v) is 14.9. The molecule has 1 aromatic carbocycles. The normalized spacial score (nSPS) is 20.1. The summed E-state index contributed by atoms with van der Waals surface area (Å²) in [6.45, 7) is 0.270. The molecule has 1 aliphatic rings. The van der Waals surface area contributed by atoms with E-state index in [0.717, 1.165) is 6.26 Å². The quantitative estimate of drug-likeness (QED) is 0.361. The fraction of sp³-hybridized carbons (Fsp3) is 0.615. The highest BCUT2D eigenvalue weighted by molar-refractivity contribution is 7.91. The minimum Gasteiger partial charge on any atom is -0.434 e. The first kappa shape index (κ1) is 31.8. The number of hydrogen-bond acceptors (Lipinski definition) is 6. The molecule has 0 aliphatic heterocycles. The van der Waals surface area contributed by atoms with Gasteiger partial charge in [0.2, 0.25) is 0 Å². The summed E-state index contributed by atoms with van der Waals surface area (Å²) < 4.78 is 93.8. The number of carbonyl (C=O) groups excluding carboxylic acids is 1. The Hall–Kier alpha value is -2.74. The minimum atomic E-state index is -4.32. The van der Waals surface area contributed by atoms with Crippen LogP contribution in [0.25, 0.3) is 11.3 Å². The number of aliphatic hydroxyl groups is 1. The number of nitrogens with zero attached hydrogens (tertiary/aromatic N) is 2. The molecule has 1 amide bonds. The van der Waals surface area contributed by atoms with E-state index in [0.29, 0.717) is 16.8 Å². The van der Waals surface area contributed by atoms with Crippen LogP contribution in [0.1, 0.15) is 67.1 Å². The zero-order chi connectivity index (χ0) is 29.9. The van der Waals surface area contributed by atoms with Crippen LogP contribution in [-0.2, 0) is 22.8 Å². The summed E-state index contributed by atoms with van der Waals surface area (Å²) in [7, 11) is -3.23. The molecule has 2 aromatic rings. The molecule has 2 N–H and O–H groups in total. The number of aryl methyl sites for hydroxylation is 2. The number of sulfone groups is 1. The Kier molecular flexibility index (Phi) is 9.86. The predicted octanol–water partition coefficient (Wildman–Crippen LogP) is 4.81. The van der Waals surface area contributed by atoms with Crippen molar-refractivity contribution in [3.8, 4) is 17.0 Å². The van der Waals surface area contributed by atoms with E-state index < -0.39 is 45.8 Å². The fourth-order valence-electron chi connectivity index (χ4n) is 5.00. The van der Waals surface area contributed by atoms with E-state index in [-0.39, 0.29) is 68.6 Å². The van der Waals surface area contributed by atoms with Crippen LogP contribution in [0.3, 0.4) is 0 Å². The van der Waals surface area contributed by atoms with Crippen LogP contribution < -0.4 is 10.1 Å². The van der Waals surface area contributed by atoms with Crippen molar-refractivity contribution in [2.75, 3.05) is 12.8 Å². The fourth-order valence-corrected chi connectivity index (χ4v) is 6.10. The van der Waals surface area contributed by atoms with E-state index in [1.807, 2.05) is 0 Å². The maximum Gasteiger partial charge on any atom is 0.389 e. The maximum atomic E-state index is 13.3. The van der Waals surface area contributed by atoms with Gasteiger partial charge in [0.25, 0.3) is 5.91 Å². The van der Waals surface area contributed by atoms with Gasteiger partial charge in [-0.05, 0) is 70.1 Å². The van der Waals surface area contributed by atoms with Crippen molar-refractivity contribution in [3.63, 3.8) is 0 Å². The summed E-state index contributed by atoms with van der Waals surface area (Å²) in [5, 5.41) is 17.3. The molecule has 0 atom stereocenters. The molecule has 1 aromatic heterocycles. The van der Waals surface area contributed by atoms with Crippen molar-refractivity contribution >= 4 is 15.7 Å². The molecule has 40 heavy (non-hydrogen) atoms. The highest BCUT2D eigenvalue weighted by Crippen LogP contribution is 2.36. The number of rotatable bonds is 11. The zero-order valence-electron chi connectivity index (χ0n) is 22.5. The van der Waals surface area contributed by atoms with Gasteiger partial charge < -0.3 is 15.2 Å². The summed E-state index contributed by atoms with van der Waals surface area (Å²) in [6, 6.07) is 4.26. The van der Waals surface area contributed by atoms with Crippen LogP contribution in [0, 0.1) is 6.92 Å². The lowest BCUT2D eigenvalue weighted by Crippen LogP contribution is -2.47. The average molecular weight is 596 g/mol. The van der Waals surface area contributed by atoms with Gasteiger partial charge in [-0.1, -0.05) is 6.07 Å². The second-order valence-electron chi connectivity index (χ2n) is 10.3. The summed E-state index contributed by atoms with van der Waals surface area (Å²) in [6.07, 6.45) is -3.43.